The molecule has 2 aromatic carbocycles. The first kappa shape index (κ1) is 14.9. The zero-order valence-electron chi connectivity index (χ0n) is 11.7. The van der Waals surface area contributed by atoms with Crippen LogP contribution in [-0.4, -0.2) is 11.2 Å². The fourth-order valence-electron chi connectivity index (χ4n) is 2.30. The maximum absolute atomic E-state index is 12.9. The molecular weight excluding hydrogens is 307 g/mol. The standard InChI is InChI=1S/C17H12F3NS/c1-22-16-9-7-12(17(18,19)20)10-13(16)15-8-6-11-4-2-3-5-14(11)21-15/h2-10H,1H3. The zero-order valence-corrected chi connectivity index (χ0v) is 12.5. The Kier molecular flexibility index (Phi) is 3.83. The molecule has 0 aliphatic heterocycles. The number of hydrogen-bond donors (Lipinski definition) is 0. The molecule has 0 fully saturated rings. The van der Waals surface area contributed by atoms with Gasteiger partial charge in [0.05, 0.1) is 16.8 Å². The molecule has 0 amide bonds. The third-order valence-electron chi connectivity index (χ3n) is 3.40. The third-order valence-corrected chi connectivity index (χ3v) is 4.20. The van der Waals surface area contributed by atoms with Gasteiger partial charge in [-0.25, -0.2) is 4.98 Å². The van der Waals surface area contributed by atoms with Crippen LogP contribution in [0.2, 0.25) is 0 Å². The molecule has 1 nitrogen and oxygen atoms in total. The summed E-state index contributed by atoms with van der Waals surface area (Å²) in [6.07, 6.45) is -2.52. The smallest absolute Gasteiger partial charge is 0.248 e. The van der Waals surface area contributed by atoms with Crippen molar-refractivity contribution in [2.24, 2.45) is 0 Å². The van der Waals surface area contributed by atoms with E-state index in [0.29, 0.717) is 11.3 Å². The molecule has 5 heteroatoms. The van der Waals surface area contributed by atoms with Crippen molar-refractivity contribution in [3.63, 3.8) is 0 Å². The number of rotatable bonds is 2. The molecule has 3 aromatic rings. The van der Waals surface area contributed by atoms with Crippen LogP contribution in [0.3, 0.4) is 0 Å². The number of benzene rings is 2. The number of alkyl halides is 3. The van der Waals surface area contributed by atoms with Crippen LogP contribution in [0, 0.1) is 0 Å². The van der Waals surface area contributed by atoms with Crippen molar-refractivity contribution in [2.75, 3.05) is 6.26 Å². The summed E-state index contributed by atoms with van der Waals surface area (Å²) in [5.41, 5.74) is 1.17. The molecule has 0 N–H and O–H groups in total. The lowest BCUT2D eigenvalue weighted by atomic mass is 10.1. The van der Waals surface area contributed by atoms with Crippen LogP contribution in [0.25, 0.3) is 22.2 Å². The van der Waals surface area contributed by atoms with E-state index in [1.54, 1.807) is 6.07 Å². The van der Waals surface area contributed by atoms with Gasteiger partial charge in [0.1, 0.15) is 0 Å². The largest absolute Gasteiger partial charge is 0.416 e. The van der Waals surface area contributed by atoms with Crippen LogP contribution in [-0.2, 0) is 6.18 Å². The van der Waals surface area contributed by atoms with Crippen molar-refractivity contribution in [3.05, 3.63) is 60.2 Å². The van der Waals surface area contributed by atoms with Crippen LogP contribution in [0.4, 0.5) is 13.2 Å². The molecule has 0 aliphatic carbocycles. The summed E-state index contributed by atoms with van der Waals surface area (Å²) < 4.78 is 38.8. The van der Waals surface area contributed by atoms with Gasteiger partial charge in [0.25, 0.3) is 0 Å². The normalized spacial score (nSPS) is 11.8. The van der Waals surface area contributed by atoms with Crippen LogP contribution in [0.5, 0.6) is 0 Å². The topological polar surface area (TPSA) is 12.9 Å². The average molecular weight is 319 g/mol. The van der Waals surface area contributed by atoms with E-state index in [4.69, 9.17) is 0 Å². The van der Waals surface area contributed by atoms with Gasteiger partial charge in [-0.15, -0.1) is 11.8 Å². The molecule has 0 saturated heterocycles. The summed E-state index contributed by atoms with van der Waals surface area (Å²) in [7, 11) is 0. The predicted octanol–water partition coefficient (Wildman–Crippen LogP) is 5.64. The number of para-hydroxylation sites is 1. The van der Waals surface area contributed by atoms with Crippen molar-refractivity contribution in [1.82, 2.24) is 4.98 Å². The van der Waals surface area contributed by atoms with Crippen molar-refractivity contribution in [1.29, 1.82) is 0 Å². The molecule has 0 aliphatic rings. The second kappa shape index (κ2) is 5.65. The molecule has 0 unspecified atom stereocenters. The summed E-state index contributed by atoms with van der Waals surface area (Å²) in [4.78, 5) is 5.27. The van der Waals surface area contributed by atoms with E-state index in [1.165, 1.54) is 23.9 Å². The number of hydrogen-bond acceptors (Lipinski definition) is 2. The minimum absolute atomic E-state index is 0.507. The number of halogens is 3. The van der Waals surface area contributed by atoms with Crippen molar-refractivity contribution in [3.8, 4) is 11.3 Å². The Morgan fingerprint density at radius 2 is 1.73 bits per heavy atom. The highest BCUT2D eigenvalue weighted by Gasteiger charge is 2.31. The molecule has 0 atom stereocenters. The van der Waals surface area contributed by atoms with Gasteiger partial charge in [0.2, 0.25) is 0 Å². The fourth-order valence-corrected chi connectivity index (χ4v) is 2.89. The zero-order chi connectivity index (χ0) is 15.7. The molecule has 112 valence electrons. The minimum Gasteiger partial charge on any atom is -0.248 e. The monoisotopic (exact) mass is 319 g/mol. The number of aromatic nitrogens is 1. The summed E-state index contributed by atoms with van der Waals surface area (Å²) >= 11 is 1.41. The summed E-state index contributed by atoms with van der Waals surface area (Å²) in [5, 5.41) is 0.962. The van der Waals surface area contributed by atoms with Gasteiger partial charge in [-0.05, 0) is 36.6 Å². The number of pyridine rings is 1. The predicted molar refractivity (Wildman–Crippen MR) is 84.0 cm³/mol. The van der Waals surface area contributed by atoms with Gasteiger partial charge < -0.3 is 0 Å². The maximum Gasteiger partial charge on any atom is 0.416 e. The summed E-state index contributed by atoms with van der Waals surface area (Å²) in [6, 6.07) is 15.0. The Balaban J connectivity index is 2.19. The number of thioether (sulfide) groups is 1. The fraction of sp³-hybridized carbons (Fsp3) is 0.118. The van der Waals surface area contributed by atoms with Crippen LogP contribution < -0.4 is 0 Å². The Bertz CT molecular complexity index is 827. The van der Waals surface area contributed by atoms with E-state index in [-0.39, 0.29) is 0 Å². The highest BCUT2D eigenvalue weighted by atomic mass is 32.2. The van der Waals surface area contributed by atoms with Crippen LogP contribution >= 0.6 is 11.8 Å². The molecule has 1 heterocycles. The van der Waals surface area contributed by atoms with Crippen LogP contribution in [0.15, 0.2) is 59.5 Å². The quantitative estimate of drug-likeness (QED) is 0.567. The first-order valence-corrected chi connectivity index (χ1v) is 7.83. The Morgan fingerprint density at radius 3 is 2.45 bits per heavy atom. The molecule has 0 bridgehead atoms. The lowest BCUT2D eigenvalue weighted by Crippen LogP contribution is -2.05. The highest BCUT2D eigenvalue weighted by molar-refractivity contribution is 7.98. The molecule has 1 aromatic heterocycles. The lowest BCUT2D eigenvalue weighted by Gasteiger charge is -2.12. The van der Waals surface area contributed by atoms with E-state index in [2.05, 4.69) is 4.98 Å². The van der Waals surface area contributed by atoms with Crippen LogP contribution in [0.1, 0.15) is 5.56 Å². The van der Waals surface area contributed by atoms with Gasteiger partial charge in [0.15, 0.2) is 0 Å². The van der Waals surface area contributed by atoms with E-state index in [9.17, 15) is 13.2 Å². The lowest BCUT2D eigenvalue weighted by molar-refractivity contribution is -0.137. The Labute approximate surface area is 130 Å². The maximum atomic E-state index is 12.9. The van der Waals surface area contributed by atoms with Gasteiger partial charge in [-0.3, -0.25) is 0 Å². The number of fused-ring (bicyclic) bond motifs is 1. The Hall–Kier alpha value is -2.01. The molecule has 22 heavy (non-hydrogen) atoms. The number of nitrogens with zero attached hydrogens (tertiary/aromatic N) is 1. The second-order valence-electron chi connectivity index (χ2n) is 4.80. The average Bonchev–Trinajstić information content (AvgIpc) is 2.53. The van der Waals surface area contributed by atoms with Crippen molar-refractivity contribution < 1.29 is 13.2 Å². The SMILES string of the molecule is CSc1ccc(C(F)(F)F)cc1-c1ccc2ccccc2n1. The second-order valence-corrected chi connectivity index (χ2v) is 5.65. The third kappa shape index (κ3) is 2.81. The van der Waals surface area contributed by atoms with Gasteiger partial charge in [0, 0.05) is 15.8 Å². The molecule has 0 spiro atoms. The molecule has 3 rings (SSSR count). The van der Waals surface area contributed by atoms with Gasteiger partial charge in [-0.2, -0.15) is 13.2 Å². The highest BCUT2D eigenvalue weighted by Crippen LogP contribution is 2.36. The van der Waals surface area contributed by atoms with Crippen molar-refractivity contribution >= 4 is 22.7 Å². The van der Waals surface area contributed by atoms with E-state index >= 15 is 0 Å². The van der Waals surface area contributed by atoms with E-state index in [1.807, 2.05) is 36.6 Å². The summed E-state index contributed by atoms with van der Waals surface area (Å²) in [5.74, 6) is 0. The molecule has 0 radical (unpaired) electrons. The van der Waals surface area contributed by atoms with Gasteiger partial charge in [-0.1, -0.05) is 24.3 Å². The molecular formula is C17H12F3NS. The first-order valence-electron chi connectivity index (χ1n) is 6.60. The van der Waals surface area contributed by atoms with E-state index < -0.39 is 11.7 Å². The summed E-state index contributed by atoms with van der Waals surface area (Å²) in [6.45, 7) is 0. The minimum atomic E-state index is -4.36. The van der Waals surface area contributed by atoms with E-state index in [0.717, 1.165) is 21.9 Å². The molecule has 0 saturated carbocycles. The van der Waals surface area contributed by atoms with Gasteiger partial charge >= 0.3 is 6.18 Å². The first-order chi connectivity index (χ1) is 10.5. The Morgan fingerprint density at radius 1 is 0.955 bits per heavy atom. The van der Waals surface area contributed by atoms with Crippen molar-refractivity contribution in [2.45, 2.75) is 11.1 Å².